The second kappa shape index (κ2) is 8.20. The molecule has 25 heavy (non-hydrogen) atoms. The minimum atomic E-state index is -0.249. The number of benzene rings is 1. The van der Waals surface area contributed by atoms with E-state index in [1.165, 1.54) is 19.6 Å². The van der Waals surface area contributed by atoms with E-state index in [1.807, 2.05) is 6.92 Å². The van der Waals surface area contributed by atoms with Crippen LogP contribution in [0.4, 0.5) is 10.5 Å². The Hall–Kier alpha value is -2.28. The normalized spacial score (nSPS) is 14.0. The smallest absolute Gasteiger partial charge is 0.319 e. The average molecular weight is 367 g/mol. The van der Waals surface area contributed by atoms with Gasteiger partial charge in [-0.25, -0.2) is 4.79 Å². The van der Waals surface area contributed by atoms with E-state index in [0.29, 0.717) is 17.3 Å². The molecule has 0 atom stereocenters. The highest BCUT2D eigenvalue weighted by atomic mass is 35.5. The van der Waals surface area contributed by atoms with E-state index in [-0.39, 0.29) is 37.6 Å². The van der Waals surface area contributed by atoms with Gasteiger partial charge in [0.05, 0.1) is 0 Å². The Morgan fingerprint density at radius 1 is 1.28 bits per heavy atom. The van der Waals surface area contributed by atoms with E-state index >= 15 is 0 Å². The standard InChI is InChI=1S/C17H23ClN4O3/c1-4-8-20(17(25)19(2)3)10-15(23)21-11-16(24)22(12-21)14-7-5-6-13(18)9-14/h5-7,9H,4,8,10-12H2,1-3H3. The molecule has 1 aliphatic heterocycles. The first kappa shape index (κ1) is 19.1. The quantitative estimate of drug-likeness (QED) is 0.799. The molecule has 0 N–H and O–H groups in total. The van der Waals surface area contributed by atoms with Gasteiger partial charge in [0.25, 0.3) is 0 Å². The molecule has 0 radical (unpaired) electrons. The molecule has 2 rings (SSSR count). The van der Waals surface area contributed by atoms with Crippen LogP contribution in [0.5, 0.6) is 0 Å². The lowest BCUT2D eigenvalue weighted by Gasteiger charge is -2.27. The third-order valence-corrected chi connectivity index (χ3v) is 4.12. The monoisotopic (exact) mass is 366 g/mol. The van der Waals surface area contributed by atoms with Crippen molar-refractivity contribution in [1.82, 2.24) is 14.7 Å². The molecule has 1 aromatic carbocycles. The molecule has 1 heterocycles. The highest BCUT2D eigenvalue weighted by molar-refractivity contribution is 6.31. The van der Waals surface area contributed by atoms with Crippen molar-refractivity contribution in [2.24, 2.45) is 0 Å². The molecule has 1 fully saturated rings. The lowest BCUT2D eigenvalue weighted by Crippen LogP contribution is -2.46. The van der Waals surface area contributed by atoms with Crippen molar-refractivity contribution in [3.63, 3.8) is 0 Å². The van der Waals surface area contributed by atoms with E-state index in [0.717, 1.165) is 6.42 Å². The van der Waals surface area contributed by atoms with Gasteiger partial charge in [-0.05, 0) is 24.6 Å². The van der Waals surface area contributed by atoms with Crippen LogP contribution in [-0.2, 0) is 9.59 Å². The molecule has 1 aliphatic rings. The van der Waals surface area contributed by atoms with Crippen LogP contribution in [0, 0.1) is 0 Å². The average Bonchev–Trinajstić information content (AvgIpc) is 2.95. The van der Waals surface area contributed by atoms with E-state index in [2.05, 4.69) is 0 Å². The Kier molecular flexibility index (Phi) is 6.25. The van der Waals surface area contributed by atoms with Gasteiger partial charge in [0.2, 0.25) is 11.8 Å². The Bertz CT molecular complexity index is 665. The van der Waals surface area contributed by atoms with E-state index in [1.54, 1.807) is 38.4 Å². The molecule has 8 heteroatoms. The summed E-state index contributed by atoms with van der Waals surface area (Å²) in [4.78, 5) is 42.9. The van der Waals surface area contributed by atoms with E-state index in [9.17, 15) is 14.4 Å². The van der Waals surface area contributed by atoms with Gasteiger partial charge in [0, 0.05) is 31.4 Å². The molecule has 0 aliphatic carbocycles. The number of halogens is 1. The van der Waals surface area contributed by atoms with Crippen molar-refractivity contribution in [3.05, 3.63) is 29.3 Å². The number of carbonyl (C=O) groups is 3. The van der Waals surface area contributed by atoms with Crippen LogP contribution in [0.15, 0.2) is 24.3 Å². The molecule has 0 spiro atoms. The summed E-state index contributed by atoms with van der Waals surface area (Å²) < 4.78 is 0. The first-order valence-electron chi connectivity index (χ1n) is 8.13. The third-order valence-electron chi connectivity index (χ3n) is 3.88. The molecule has 0 bridgehead atoms. The van der Waals surface area contributed by atoms with Gasteiger partial charge in [-0.1, -0.05) is 24.6 Å². The number of rotatable bonds is 5. The maximum absolute atomic E-state index is 12.6. The fourth-order valence-electron chi connectivity index (χ4n) is 2.64. The van der Waals surface area contributed by atoms with Gasteiger partial charge < -0.3 is 14.7 Å². The van der Waals surface area contributed by atoms with Crippen LogP contribution in [-0.4, -0.2) is 72.9 Å². The van der Waals surface area contributed by atoms with Crippen molar-refractivity contribution < 1.29 is 14.4 Å². The number of anilines is 1. The number of carbonyl (C=O) groups excluding carboxylic acids is 3. The van der Waals surface area contributed by atoms with Gasteiger partial charge >= 0.3 is 6.03 Å². The zero-order valence-corrected chi connectivity index (χ0v) is 15.5. The van der Waals surface area contributed by atoms with Gasteiger partial charge in [-0.2, -0.15) is 0 Å². The van der Waals surface area contributed by atoms with Crippen molar-refractivity contribution in [2.45, 2.75) is 13.3 Å². The van der Waals surface area contributed by atoms with Crippen LogP contribution < -0.4 is 4.90 Å². The predicted octanol–water partition coefficient (Wildman–Crippen LogP) is 1.87. The maximum atomic E-state index is 12.6. The molecule has 1 saturated heterocycles. The largest absolute Gasteiger partial charge is 0.331 e. The molecule has 0 saturated carbocycles. The Morgan fingerprint density at radius 2 is 2.00 bits per heavy atom. The molecule has 1 aromatic rings. The first-order valence-corrected chi connectivity index (χ1v) is 8.51. The predicted molar refractivity (Wildman–Crippen MR) is 96.5 cm³/mol. The van der Waals surface area contributed by atoms with Gasteiger partial charge in [-0.3, -0.25) is 14.5 Å². The summed E-state index contributed by atoms with van der Waals surface area (Å²) >= 11 is 5.97. The minimum Gasteiger partial charge on any atom is -0.331 e. The second-order valence-corrected chi connectivity index (χ2v) is 6.57. The topological polar surface area (TPSA) is 64.2 Å². The fraction of sp³-hybridized carbons (Fsp3) is 0.471. The summed E-state index contributed by atoms with van der Waals surface area (Å²) in [5.41, 5.74) is 0.655. The maximum Gasteiger partial charge on any atom is 0.319 e. The molecular formula is C17H23ClN4O3. The summed E-state index contributed by atoms with van der Waals surface area (Å²) in [6.07, 6.45) is 0.750. The van der Waals surface area contributed by atoms with Gasteiger partial charge in [0.1, 0.15) is 19.8 Å². The van der Waals surface area contributed by atoms with E-state index < -0.39 is 0 Å². The van der Waals surface area contributed by atoms with Crippen molar-refractivity contribution >= 4 is 35.1 Å². The molecule has 0 unspecified atom stereocenters. The summed E-state index contributed by atoms with van der Waals surface area (Å²) in [7, 11) is 3.30. The number of nitrogens with zero attached hydrogens (tertiary/aromatic N) is 4. The third kappa shape index (κ3) is 4.63. The molecule has 136 valence electrons. The minimum absolute atomic E-state index is 0.00145. The van der Waals surface area contributed by atoms with Gasteiger partial charge in [-0.15, -0.1) is 0 Å². The SMILES string of the molecule is CCCN(CC(=O)N1CC(=O)N(c2cccc(Cl)c2)C1)C(=O)N(C)C. The summed E-state index contributed by atoms with van der Waals surface area (Å²) in [5, 5.41) is 0.528. The highest BCUT2D eigenvalue weighted by Crippen LogP contribution is 2.23. The van der Waals surface area contributed by atoms with Crippen LogP contribution in [0.1, 0.15) is 13.3 Å². The zero-order chi connectivity index (χ0) is 18.6. The summed E-state index contributed by atoms with van der Waals surface area (Å²) in [6.45, 7) is 2.56. The van der Waals surface area contributed by atoms with Crippen LogP contribution in [0.25, 0.3) is 0 Å². The summed E-state index contributed by atoms with van der Waals surface area (Å²) in [5.74, 6) is -0.418. The Labute approximate surface area is 152 Å². The lowest BCUT2D eigenvalue weighted by molar-refractivity contribution is -0.132. The number of amides is 4. The Morgan fingerprint density at radius 3 is 2.60 bits per heavy atom. The summed E-state index contributed by atoms with van der Waals surface area (Å²) in [6, 6.07) is 6.73. The molecule has 7 nitrogen and oxygen atoms in total. The molecule has 0 aromatic heterocycles. The van der Waals surface area contributed by atoms with Crippen molar-refractivity contribution in [1.29, 1.82) is 0 Å². The Balaban J connectivity index is 2.05. The van der Waals surface area contributed by atoms with Crippen LogP contribution in [0.2, 0.25) is 5.02 Å². The van der Waals surface area contributed by atoms with Crippen molar-refractivity contribution in [2.75, 3.05) is 45.3 Å². The highest BCUT2D eigenvalue weighted by Gasteiger charge is 2.33. The molecular weight excluding hydrogens is 344 g/mol. The van der Waals surface area contributed by atoms with Crippen LogP contribution >= 0.6 is 11.6 Å². The number of hydrogen-bond donors (Lipinski definition) is 0. The van der Waals surface area contributed by atoms with Gasteiger partial charge in [0.15, 0.2) is 0 Å². The fourth-order valence-corrected chi connectivity index (χ4v) is 2.83. The second-order valence-electron chi connectivity index (χ2n) is 6.13. The first-order chi connectivity index (χ1) is 11.8. The lowest BCUT2D eigenvalue weighted by atomic mass is 10.3. The van der Waals surface area contributed by atoms with Crippen molar-refractivity contribution in [3.8, 4) is 0 Å². The van der Waals surface area contributed by atoms with Crippen LogP contribution in [0.3, 0.4) is 0 Å². The van der Waals surface area contributed by atoms with E-state index in [4.69, 9.17) is 11.6 Å². The zero-order valence-electron chi connectivity index (χ0n) is 14.7. The molecule has 4 amide bonds. The number of urea groups is 1. The number of hydrogen-bond acceptors (Lipinski definition) is 3.